The number of aliphatic hydroxyl groups excluding tert-OH is 6. The molecule has 1 saturated heterocycles. The van der Waals surface area contributed by atoms with Gasteiger partial charge in [0.05, 0.1) is 19.3 Å². The lowest BCUT2D eigenvalue weighted by atomic mass is 8.96. The van der Waals surface area contributed by atoms with Crippen LogP contribution in [-0.2, 0) is 16.0 Å². The molecule has 6 aliphatic carbocycles. The van der Waals surface area contributed by atoms with Crippen molar-refractivity contribution in [2.24, 2.45) is 40.9 Å². The molecule has 13 nitrogen and oxygen atoms in total. The van der Waals surface area contributed by atoms with Crippen molar-refractivity contribution in [3.8, 4) is 0 Å². The number of halogens is 1. The molecule has 326 valence electrons. The van der Waals surface area contributed by atoms with Gasteiger partial charge in [0, 0.05) is 10.9 Å². The Kier molecular flexibility index (Phi) is 15.0. The third-order valence-corrected chi connectivity index (χ3v) is 17.3. The highest BCUT2D eigenvalue weighted by Gasteiger charge is 3.08. The van der Waals surface area contributed by atoms with Crippen molar-refractivity contribution in [1.29, 1.82) is 0 Å². The maximum atomic E-state index is 13.5. The van der Waals surface area contributed by atoms with Crippen LogP contribution in [0.15, 0.2) is 4.79 Å². The molecule has 1 aliphatic heterocycles. The van der Waals surface area contributed by atoms with Gasteiger partial charge in [0.15, 0.2) is 6.29 Å². The van der Waals surface area contributed by atoms with Gasteiger partial charge in [-0.3, -0.25) is 0 Å². The number of tetrazole rings is 1. The number of hydrogen-bond donors (Lipinski definition) is 6. The summed E-state index contributed by atoms with van der Waals surface area (Å²) < 4.78 is 14.1. The molecule has 7 fully saturated rings. The number of aromatic nitrogens is 4. The average Bonchev–Trinajstić information content (AvgIpc) is 3.57. The first kappa shape index (κ1) is 44.1. The number of aryl methyl sites for hydroxylation is 1. The summed E-state index contributed by atoms with van der Waals surface area (Å²) in [5, 5.41) is 71.2. The smallest absolute Gasteiger partial charge is 0.364 e. The van der Waals surface area contributed by atoms with Gasteiger partial charge in [-0.1, -0.05) is 145 Å². The van der Waals surface area contributed by atoms with Crippen LogP contribution in [0.5, 0.6) is 0 Å². The van der Waals surface area contributed by atoms with Gasteiger partial charge in [-0.05, 0) is 70.6 Å². The summed E-state index contributed by atoms with van der Waals surface area (Å²) >= 11 is 4.12. The molecular formula is C43H73BrN4O9. The molecule has 6 saturated carbocycles. The summed E-state index contributed by atoms with van der Waals surface area (Å²) in [7, 11) is 0. The summed E-state index contributed by atoms with van der Waals surface area (Å²) in [6.45, 7) is 1.57. The van der Waals surface area contributed by atoms with Crippen LogP contribution >= 0.6 is 15.9 Å². The van der Waals surface area contributed by atoms with Crippen LogP contribution in [0.4, 0.5) is 0 Å². The second-order valence-corrected chi connectivity index (χ2v) is 20.3. The number of rotatable bonds is 31. The summed E-state index contributed by atoms with van der Waals surface area (Å²) in [5.41, 5.74) is 0.227. The minimum Gasteiger partial charge on any atom is -0.394 e. The second kappa shape index (κ2) is 19.4. The van der Waals surface area contributed by atoms with Crippen molar-refractivity contribution in [2.45, 2.75) is 208 Å². The molecular weight excluding hydrogens is 796 g/mol. The van der Waals surface area contributed by atoms with Crippen molar-refractivity contribution < 1.29 is 40.1 Å². The quantitative estimate of drug-likeness (QED) is 0.0435. The van der Waals surface area contributed by atoms with Gasteiger partial charge >= 0.3 is 5.69 Å². The monoisotopic (exact) mass is 868 g/mol. The maximum Gasteiger partial charge on any atom is 0.364 e. The van der Waals surface area contributed by atoms with Gasteiger partial charge < -0.3 is 40.1 Å². The van der Waals surface area contributed by atoms with E-state index >= 15 is 0 Å². The van der Waals surface area contributed by atoms with E-state index in [1.54, 1.807) is 0 Å². The van der Waals surface area contributed by atoms with Crippen molar-refractivity contribution >= 4 is 15.9 Å². The molecule has 0 bridgehead atoms. The molecule has 7 aliphatic rings. The van der Waals surface area contributed by atoms with E-state index in [2.05, 4.69) is 33.3 Å². The van der Waals surface area contributed by atoms with Crippen LogP contribution in [0.3, 0.4) is 0 Å². The highest BCUT2D eigenvalue weighted by molar-refractivity contribution is 9.10. The predicted octanol–water partition coefficient (Wildman–Crippen LogP) is 5.01. The summed E-state index contributed by atoms with van der Waals surface area (Å²) in [6.07, 6.45) is 15.0. The van der Waals surface area contributed by atoms with Crippen LogP contribution < -0.4 is 5.69 Å². The van der Waals surface area contributed by atoms with E-state index in [9.17, 15) is 35.4 Å². The summed E-state index contributed by atoms with van der Waals surface area (Å²) in [6, 6.07) is -1.18. The van der Waals surface area contributed by atoms with Crippen LogP contribution in [0.2, 0.25) is 0 Å². The van der Waals surface area contributed by atoms with Crippen LogP contribution in [-0.4, -0.2) is 111 Å². The van der Waals surface area contributed by atoms with Gasteiger partial charge in [0.1, 0.15) is 36.6 Å². The Hall–Kier alpha value is -0.970. The first-order valence-electron chi connectivity index (χ1n) is 23.1. The fraction of sp³-hybridized carbons (Fsp3) is 0.977. The van der Waals surface area contributed by atoms with Crippen LogP contribution in [0, 0.1) is 40.9 Å². The zero-order chi connectivity index (χ0) is 40.3. The van der Waals surface area contributed by atoms with Gasteiger partial charge in [0.25, 0.3) is 0 Å². The molecule has 0 radical (unpaired) electrons. The minimum atomic E-state index is -1.65. The Bertz CT molecular complexity index is 1460. The Labute approximate surface area is 347 Å². The average molecular weight is 870 g/mol. The van der Waals surface area contributed by atoms with E-state index < -0.39 is 67.9 Å². The second-order valence-electron chi connectivity index (χ2n) is 18.9. The third-order valence-electron chi connectivity index (χ3n) is 15.8. The molecule has 1 aromatic heterocycles. The molecule has 2 heterocycles. The van der Waals surface area contributed by atoms with Gasteiger partial charge in [0.2, 0.25) is 0 Å². The molecule has 9 unspecified atom stereocenters. The lowest BCUT2D eigenvalue weighted by Gasteiger charge is -3.11. The molecule has 1 aromatic rings. The highest BCUT2D eigenvalue weighted by atomic mass is 79.9. The van der Waals surface area contributed by atoms with Crippen molar-refractivity contribution in [2.75, 3.05) is 13.2 Å². The SMILES string of the molecule is CCCCCCCCCCCCCC[C@@H](O)[C@@H](O)[C@H](COC1OC(CO)C(O)C(O)C1O)n1nnn(CCCCCCCCCCC23C4C5C6C4C2C6(Br)C53)c1=O. The number of alkyl halides is 1. The van der Waals surface area contributed by atoms with Crippen molar-refractivity contribution in [3.63, 3.8) is 0 Å². The van der Waals surface area contributed by atoms with E-state index in [-0.39, 0.29) is 0 Å². The van der Waals surface area contributed by atoms with Crippen molar-refractivity contribution in [1.82, 2.24) is 19.8 Å². The lowest BCUT2D eigenvalue weighted by Crippen LogP contribution is -3.11. The normalized spacial score (nSPS) is 38.0. The first-order chi connectivity index (χ1) is 27.6. The zero-order valence-electron chi connectivity index (χ0n) is 34.3. The first-order valence-corrected chi connectivity index (χ1v) is 23.9. The summed E-state index contributed by atoms with van der Waals surface area (Å²) in [5.74, 6) is 6.47. The minimum absolute atomic E-state index is 0.319. The number of hydrogen-bond acceptors (Lipinski definition) is 11. The Morgan fingerprint density at radius 3 is 1.89 bits per heavy atom. The zero-order valence-corrected chi connectivity index (χ0v) is 35.9. The number of nitrogens with zero attached hydrogens (tertiary/aromatic N) is 4. The van der Waals surface area contributed by atoms with Crippen LogP contribution in [0.25, 0.3) is 0 Å². The van der Waals surface area contributed by atoms with Gasteiger partial charge in [-0.15, -0.1) is 0 Å². The topological polar surface area (TPSA) is 193 Å². The molecule has 8 rings (SSSR count). The molecule has 0 amide bonds. The molecule has 0 aromatic carbocycles. The highest BCUT2D eigenvalue weighted by Crippen LogP contribution is 3.09. The number of aliphatic hydroxyl groups is 6. The Balaban J connectivity index is 0.812. The van der Waals surface area contributed by atoms with E-state index in [4.69, 9.17) is 9.47 Å². The Morgan fingerprint density at radius 1 is 0.754 bits per heavy atom. The standard InChI is InChI=1S/C43H73BrN4O9/c1-2-3-4-5-6-7-8-9-10-13-16-19-22-28(50)34(51)27(26-56-40-37(54)36(53)35(52)29(25-49)57-40)48-41(55)47(45-46-48)24-21-18-15-12-11-14-17-20-23-42-32-30-33-31(32)39(42)43(33,44)38(30)42/h27-40,49-54H,2-26H2,1H3/t27-,28+,29?,30?,31?,32?,33?,34-,35?,36?,37?,38?,39?,40?,42?,43?/m0/s1. The van der Waals surface area contributed by atoms with Crippen LogP contribution in [0.1, 0.15) is 154 Å². The predicted molar refractivity (Wildman–Crippen MR) is 217 cm³/mol. The fourth-order valence-electron chi connectivity index (χ4n) is 12.9. The third kappa shape index (κ3) is 8.01. The fourth-order valence-corrected chi connectivity index (χ4v) is 15.0. The van der Waals surface area contributed by atoms with E-state index in [1.165, 1.54) is 94.6 Å². The number of ether oxygens (including phenoxy) is 2. The largest absolute Gasteiger partial charge is 0.394 e. The summed E-state index contributed by atoms with van der Waals surface area (Å²) in [4.78, 5) is 13.5. The lowest BCUT2D eigenvalue weighted by molar-refractivity contribution is -0.595. The van der Waals surface area contributed by atoms with E-state index in [0.29, 0.717) is 23.7 Å². The molecule has 0 spiro atoms. The van der Waals surface area contributed by atoms with Gasteiger partial charge in [-0.25, -0.2) is 4.79 Å². The number of unbranched alkanes of at least 4 members (excludes halogenated alkanes) is 18. The van der Waals surface area contributed by atoms with Gasteiger partial charge in [-0.2, -0.15) is 9.36 Å². The maximum absolute atomic E-state index is 13.5. The molecule has 6 N–H and O–H groups in total. The van der Waals surface area contributed by atoms with E-state index in [1.807, 2.05) is 0 Å². The molecule has 57 heavy (non-hydrogen) atoms. The molecule has 14 heteroatoms. The Morgan fingerprint density at radius 2 is 1.32 bits per heavy atom. The van der Waals surface area contributed by atoms with E-state index in [0.717, 1.165) is 84.1 Å². The molecule has 12 atom stereocenters. The van der Waals surface area contributed by atoms with Crippen molar-refractivity contribution in [3.05, 3.63) is 10.5 Å².